The van der Waals surface area contributed by atoms with Gasteiger partial charge in [-0.3, -0.25) is 4.90 Å². The maximum atomic E-state index is 5.44. The van der Waals surface area contributed by atoms with Crippen LogP contribution in [0, 0.1) is 0 Å². The predicted octanol–water partition coefficient (Wildman–Crippen LogP) is 2.21. The van der Waals surface area contributed by atoms with E-state index < -0.39 is 0 Å². The monoisotopic (exact) mass is 249 g/mol. The lowest BCUT2D eigenvalue weighted by Crippen LogP contribution is -2.38. The minimum Gasteiger partial charge on any atom is -0.380 e. The van der Waals surface area contributed by atoms with Crippen LogP contribution in [-0.2, 0) is 11.3 Å². The topological polar surface area (TPSA) is 38.2 Å². The minimum absolute atomic E-state index is 0.384. The predicted molar refractivity (Wildman–Crippen MR) is 71.4 cm³/mol. The molecule has 0 aliphatic carbocycles. The molecule has 0 bridgehead atoms. The van der Waals surface area contributed by atoms with Crippen LogP contribution in [-0.4, -0.2) is 41.2 Å². The molecule has 1 saturated heterocycles. The standard InChI is InChI=1S/C14H23N3O/c1-11(2)14-15-7-12(8-16-14)9-17-6-4-5-13(10-17)18-3/h7-8,11,13H,4-6,9-10H2,1-3H3/t13-/m1/s1. The van der Waals surface area contributed by atoms with E-state index in [4.69, 9.17) is 4.74 Å². The largest absolute Gasteiger partial charge is 0.380 e. The van der Waals surface area contributed by atoms with Crippen LogP contribution in [0.4, 0.5) is 0 Å². The maximum Gasteiger partial charge on any atom is 0.130 e. The summed E-state index contributed by atoms with van der Waals surface area (Å²) in [6, 6.07) is 0. The van der Waals surface area contributed by atoms with Crippen molar-refractivity contribution < 1.29 is 4.74 Å². The van der Waals surface area contributed by atoms with Gasteiger partial charge in [0.05, 0.1) is 6.10 Å². The first-order valence-corrected chi connectivity index (χ1v) is 6.75. The number of piperidine rings is 1. The van der Waals surface area contributed by atoms with Crippen molar-refractivity contribution in [2.75, 3.05) is 20.2 Å². The summed E-state index contributed by atoms with van der Waals surface area (Å²) in [4.78, 5) is 11.2. The van der Waals surface area contributed by atoms with E-state index in [9.17, 15) is 0 Å². The Kier molecular flexibility index (Phi) is 4.66. The lowest BCUT2D eigenvalue weighted by Gasteiger charge is -2.31. The van der Waals surface area contributed by atoms with Crippen LogP contribution >= 0.6 is 0 Å². The summed E-state index contributed by atoms with van der Waals surface area (Å²) in [6.07, 6.45) is 6.69. The summed E-state index contributed by atoms with van der Waals surface area (Å²) in [6.45, 7) is 7.32. The highest BCUT2D eigenvalue weighted by Gasteiger charge is 2.19. The van der Waals surface area contributed by atoms with E-state index in [0.717, 1.165) is 25.5 Å². The molecule has 0 N–H and O–H groups in total. The molecule has 18 heavy (non-hydrogen) atoms. The zero-order chi connectivity index (χ0) is 13.0. The van der Waals surface area contributed by atoms with Crippen LogP contribution in [0.2, 0.25) is 0 Å². The van der Waals surface area contributed by atoms with Crippen molar-refractivity contribution in [2.45, 2.75) is 45.3 Å². The summed E-state index contributed by atoms with van der Waals surface area (Å²) >= 11 is 0. The van der Waals surface area contributed by atoms with Crippen LogP contribution in [0.5, 0.6) is 0 Å². The lowest BCUT2D eigenvalue weighted by atomic mass is 10.1. The van der Waals surface area contributed by atoms with Gasteiger partial charge in [-0.15, -0.1) is 0 Å². The van der Waals surface area contributed by atoms with Gasteiger partial charge in [-0.05, 0) is 19.4 Å². The molecule has 0 spiro atoms. The molecule has 100 valence electrons. The van der Waals surface area contributed by atoms with E-state index in [-0.39, 0.29) is 0 Å². The molecule has 0 radical (unpaired) electrons. The smallest absolute Gasteiger partial charge is 0.130 e. The van der Waals surface area contributed by atoms with Gasteiger partial charge in [0.25, 0.3) is 0 Å². The third-order valence-electron chi connectivity index (χ3n) is 3.44. The molecule has 2 rings (SSSR count). The Morgan fingerprint density at radius 3 is 2.72 bits per heavy atom. The van der Waals surface area contributed by atoms with Gasteiger partial charge in [0.1, 0.15) is 5.82 Å². The molecule has 0 amide bonds. The third kappa shape index (κ3) is 3.50. The SMILES string of the molecule is CO[C@@H]1CCCN(Cc2cnc(C(C)C)nc2)C1. The first kappa shape index (κ1) is 13.4. The summed E-state index contributed by atoms with van der Waals surface area (Å²) in [5.74, 6) is 1.32. The van der Waals surface area contributed by atoms with Gasteiger partial charge in [0.2, 0.25) is 0 Å². The van der Waals surface area contributed by atoms with Gasteiger partial charge < -0.3 is 4.74 Å². The Morgan fingerprint density at radius 1 is 1.39 bits per heavy atom. The van der Waals surface area contributed by atoms with E-state index in [1.165, 1.54) is 18.4 Å². The molecule has 1 fully saturated rings. The van der Waals surface area contributed by atoms with Gasteiger partial charge in [-0.1, -0.05) is 13.8 Å². The number of aromatic nitrogens is 2. The molecule has 4 heteroatoms. The minimum atomic E-state index is 0.384. The van der Waals surface area contributed by atoms with Gasteiger partial charge in [-0.25, -0.2) is 9.97 Å². The molecular weight excluding hydrogens is 226 g/mol. The molecule has 1 aromatic heterocycles. The van der Waals surface area contributed by atoms with Crippen molar-refractivity contribution in [3.05, 3.63) is 23.8 Å². The van der Waals surface area contributed by atoms with Crippen LogP contribution in [0.15, 0.2) is 12.4 Å². The molecule has 0 unspecified atom stereocenters. The summed E-state index contributed by atoms with van der Waals surface area (Å²) in [5, 5.41) is 0. The molecular formula is C14H23N3O. The van der Waals surface area contributed by atoms with Gasteiger partial charge in [0.15, 0.2) is 0 Å². The number of hydrogen-bond acceptors (Lipinski definition) is 4. The van der Waals surface area contributed by atoms with Gasteiger partial charge >= 0.3 is 0 Å². The second-order valence-corrected chi connectivity index (χ2v) is 5.34. The molecule has 2 heterocycles. The second-order valence-electron chi connectivity index (χ2n) is 5.34. The quantitative estimate of drug-likeness (QED) is 0.820. The number of hydrogen-bond donors (Lipinski definition) is 0. The average Bonchev–Trinajstić information content (AvgIpc) is 2.39. The molecule has 1 aromatic rings. The zero-order valence-electron chi connectivity index (χ0n) is 11.6. The zero-order valence-corrected chi connectivity index (χ0v) is 11.6. The highest BCUT2D eigenvalue weighted by Crippen LogP contribution is 2.15. The Balaban J connectivity index is 1.92. The summed E-state index contributed by atoms with van der Waals surface area (Å²) in [7, 11) is 1.80. The average molecular weight is 249 g/mol. The van der Waals surface area contributed by atoms with Crippen molar-refractivity contribution in [3.63, 3.8) is 0 Å². The number of rotatable bonds is 4. The Morgan fingerprint density at radius 2 is 2.11 bits per heavy atom. The van der Waals surface area contributed by atoms with E-state index in [2.05, 4.69) is 28.7 Å². The van der Waals surface area contributed by atoms with Crippen LogP contribution in [0.25, 0.3) is 0 Å². The highest BCUT2D eigenvalue weighted by molar-refractivity contribution is 5.07. The van der Waals surface area contributed by atoms with E-state index >= 15 is 0 Å². The van der Waals surface area contributed by atoms with Crippen molar-refractivity contribution in [1.29, 1.82) is 0 Å². The normalized spacial score (nSPS) is 21.4. The van der Waals surface area contributed by atoms with E-state index in [1.54, 1.807) is 7.11 Å². The second kappa shape index (κ2) is 6.25. The van der Waals surface area contributed by atoms with Crippen LogP contribution in [0.1, 0.15) is 44.0 Å². The van der Waals surface area contributed by atoms with Crippen molar-refractivity contribution in [3.8, 4) is 0 Å². The molecule has 0 aromatic carbocycles. The Hall–Kier alpha value is -1.00. The lowest BCUT2D eigenvalue weighted by molar-refractivity contribution is 0.0285. The molecule has 1 atom stereocenters. The molecule has 1 aliphatic heterocycles. The Bertz CT molecular complexity index is 364. The van der Waals surface area contributed by atoms with Crippen molar-refractivity contribution in [1.82, 2.24) is 14.9 Å². The fourth-order valence-electron chi connectivity index (χ4n) is 2.35. The number of nitrogens with zero attached hydrogens (tertiary/aromatic N) is 3. The fourth-order valence-corrected chi connectivity index (χ4v) is 2.35. The van der Waals surface area contributed by atoms with Crippen LogP contribution in [0.3, 0.4) is 0 Å². The van der Waals surface area contributed by atoms with E-state index in [1.807, 2.05) is 12.4 Å². The maximum absolute atomic E-state index is 5.44. The number of ether oxygens (including phenoxy) is 1. The highest BCUT2D eigenvalue weighted by atomic mass is 16.5. The summed E-state index contributed by atoms with van der Waals surface area (Å²) < 4.78 is 5.44. The Labute approximate surface area is 109 Å². The number of methoxy groups -OCH3 is 1. The molecule has 0 saturated carbocycles. The fraction of sp³-hybridized carbons (Fsp3) is 0.714. The third-order valence-corrected chi connectivity index (χ3v) is 3.44. The first-order chi connectivity index (χ1) is 8.69. The van der Waals surface area contributed by atoms with Crippen molar-refractivity contribution >= 4 is 0 Å². The van der Waals surface area contributed by atoms with Crippen molar-refractivity contribution in [2.24, 2.45) is 0 Å². The molecule has 1 aliphatic rings. The number of likely N-dealkylation sites (tertiary alicyclic amines) is 1. The van der Waals surface area contributed by atoms with Crippen LogP contribution < -0.4 is 0 Å². The van der Waals surface area contributed by atoms with E-state index in [0.29, 0.717) is 12.0 Å². The van der Waals surface area contributed by atoms with Gasteiger partial charge in [-0.2, -0.15) is 0 Å². The first-order valence-electron chi connectivity index (χ1n) is 6.75. The molecule has 4 nitrogen and oxygen atoms in total. The van der Waals surface area contributed by atoms with Gasteiger partial charge in [0, 0.05) is 44.1 Å². The summed E-state index contributed by atoms with van der Waals surface area (Å²) in [5.41, 5.74) is 1.19.